The number of thioether (sulfide) groups is 1. The van der Waals surface area contributed by atoms with Gasteiger partial charge in [0.05, 0.1) is 7.11 Å². The molecule has 0 bridgehead atoms. The molecule has 0 radical (unpaired) electrons. The summed E-state index contributed by atoms with van der Waals surface area (Å²) in [5, 5.41) is 4.45. The van der Waals surface area contributed by atoms with E-state index in [4.69, 9.17) is 4.74 Å². The van der Waals surface area contributed by atoms with Crippen LogP contribution in [-0.2, 0) is 6.54 Å². The summed E-state index contributed by atoms with van der Waals surface area (Å²) in [6.45, 7) is 6.45. The molecule has 1 aromatic heterocycles. The van der Waals surface area contributed by atoms with Crippen LogP contribution in [0.4, 0.5) is 0 Å². The number of thiophene rings is 1. The third kappa shape index (κ3) is 4.45. The van der Waals surface area contributed by atoms with E-state index in [9.17, 15) is 0 Å². The number of rotatable bonds is 6. The van der Waals surface area contributed by atoms with Crippen LogP contribution in [0.15, 0.2) is 12.1 Å². The molecule has 0 saturated heterocycles. The fraction of sp³-hybridized carbons (Fsp3) is 0.636. The summed E-state index contributed by atoms with van der Waals surface area (Å²) in [4.78, 5) is 1.32. The molecule has 0 aromatic carbocycles. The van der Waals surface area contributed by atoms with Gasteiger partial charge < -0.3 is 10.1 Å². The van der Waals surface area contributed by atoms with Crippen molar-refractivity contribution in [3.8, 4) is 5.06 Å². The maximum atomic E-state index is 5.15. The van der Waals surface area contributed by atoms with Gasteiger partial charge in [-0.25, -0.2) is 0 Å². The molecule has 2 nitrogen and oxygen atoms in total. The number of hydrogen-bond donors (Lipinski definition) is 1. The first-order chi connectivity index (χ1) is 7.07. The van der Waals surface area contributed by atoms with Crippen LogP contribution in [0.3, 0.4) is 0 Å². The Bertz CT molecular complexity index is 297. The van der Waals surface area contributed by atoms with Crippen molar-refractivity contribution in [2.75, 3.05) is 19.9 Å². The maximum Gasteiger partial charge on any atom is 0.173 e. The lowest BCUT2D eigenvalue weighted by Crippen LogP contribution is -2.31. The van der Waals surface area contributed by atoms with Gasteiger partial charge in [-0.3, -0.25) is 0 Å². The smallest absolute Gasteiger partial charge is 0.173 e. The van der Waals surface area contributed by atoms with Gasteiger partial charge in [-0.15, -0.1) is 11.3 Å². The second-order valence-electron chi connectivity index (χ2n) is 3.99. The molecule has 0 spiro atoms. The quantitative estimate of drug-likeness (QED) is 0.832. The summed E-state index contributed by atoms with van der Waals surface area (Å²) in [6, 6.07) is 4.13. The minimum absolute atomic E-state index is 0.307. The highest BCUT2D eigenvalue weighted by Gasteiger charge is 2.14. The van der Waals surface area contributed by atoms with E-state index in [0.717, 1.165) is 18.2 Å². The highest BCUT2D eigenvalue weighted by Crippen LogP contribution is 2.24. The normalized spacial score (nSPS) is 11.7. The van der Waals surface area contributed by atoms with Gasteiger partial charge in [0.15, 0.2) is 5.06 Å². The monoisotopic (exact) mass is 245 g/mol. The van der Waals surface area contributed by atoms with Crippen molar-refractivity contribution >= 4 is 23.1 Å². The molecule has 4 heteroatoms. The molecule has 15 heavy (non-hydrogen) atoms. The highest BCUT2D eigenvalue weighted by molar-refractivity contribution is 7.99. The highest BCUT2D eigenvalue weighted by atomic mass is 32.2. The molecule has 1 N–H and O–H groups in total. The molecule has 1 heterocycles. The predicted octanol–water partition coefficient (Wildman–Crippen LogP) is 2.99. The van der Waals surface area contributed by atoms with Gasteiger partial charge in [0, 0.05) is 22.7 Å². The molecule has 86 valence electrons. The van der Waals surface area contributed by atoms with Crippen molar-refractivity contribution < 1.29 is 4.74 Å². The Morgan fingerprint density at radius 1 is 1.47 bits per heavy atom. The summed E-state index contributed by atoms with van der Waals surface area (Å²) in [5.41, 5.74) is 0. The number of ether oxygens (including phenoxy) is 1. The van der Waals surface area contributed by atoms with E-state index < -0.39 is 0 Å². The first-order valence-corrected chi connectivity index (χ1v) is 7.00. The molecular formula is C11H19NOS2. The molecule has 0 unspecified atom stereocenters. The average molecular weight is 245 g/mol. The van der Waals surface area contributed by atoms with Gasteiger partial charge in [-0.1, -0.05) is 0 Å². The Morgan fingerprint density at radius 3 is 2.73 bits per heavy atom. The third-order valence-electron chi connectivity index (χ3n) is 2.24. The summed E-state index contributed by atoms with van der Waals surface area (Å²) < 4.78 is 5.46. The minimum atomic E-state index is 0.307. The van der Waals surface area contributed by atoms with Gasteiger partial charge in [0.2, 0.25) is 0 Å². The first-order valence-electron chi connectivity index (χ1n) is 4.96. The van der Waals surface area contributed by atoms with Crippen molar-refractivity contribution in [1.29, 1.82) is 0 Å². The van der Waals surface area contributed by atoms with E-state index in [0.29, 0.717) is 4.75 Å². The first kappa shape index (κ1) is 12.9. The Balaban J connectivity index is 2.31. The second-order valence-corrected chi connectivity index (χ2v) is 6.64. The average Bonchev–Trinajstić information content (AvgIpc) is 2.66. The standard InChI is InChI=1S/C11H19NOS2/c1-11(2,14-4)8-12-7-9-5-6-10(13-3)15-9/h5-6,12H,7-8H2,1-4H3. The molecule has 0 aliphatic rings. The van der Waals surface area contributed by atoms with E-state index in [-0.39, 0.29) is 0 Å². The maximum absolute atomic E-state index is 5.15. The van der Waals surface area contributed by atoms with Gasteiger partial charge in [0.25, 0.3) is 0 Å². The Hall–Kier alpha value is -0.190. The fourth-order valence-electron chi connectivity index (χ4n) is 1.12. The van der Waals surface area contributed by atoms with Crippen molar-refractivity contribution in [3.05, 3.63) is 17.0 Å². The fourth-order valence-corrected chi connectivity index (χ4v) is 2.16. The summed E-state index contributed by atoms with van der Waals surface area (Å²) in [5.74, 6) is 0. The topological polar surface area (TPSA) is 21.3 Å². The van der Waals surface area contributed by atoms with E-state index in [1.165, 1.54) is 4.88 Å². The van der Waals surface area contributed by atoms with Crippen molar-refractivity contribution in [3.63, 3.8) is 0 Å². The summed E-state index contributed by atoms with van der Waals surface area (Å²) in [6.07, 6.45) is 2.15. The summed E-state index contributed by atoms with van der Waals surface area (Å²) >= 11 is 3.59. The van der Waals surface area contributed by atoms with Crippen molar-refractivity contribution in [2.45, 2.75) is 25.1 Å². The van der Waals surface area contributed by atoms with Crippen LogP contribution in [0.1, 0.15) is 18.7 Å². The van der Waals surface area contributed by atoms with Crippen LogP contribution in [0.25, 0.3) is 0 Å². The molecule has 0 atom stereocenters. The number of hydrogen-bond acceptors (Lipinski definition) is 4. The molecule has 1 aromatic rings. The lowest BCUT2D eigenvalue weighted by Gasteiger charge is -2.22. The molecule has 1 rings (SSSR count). The van der Waals surface area contributed by atoms with Crippen LogP contribution in [0, 0.1) is 0 Å². The number of methoxy groups -OCH3 is 1. The third-order valence-corrected chi connectivity index (χ3v) is 4.54. The van der Waals surface area contributed by atoms with Crippen LogP contribution >= 0.6 is 23.1 Å². The molecule has 0 saturated carbocycles. The minimum Gasteiger partial charge on any atom is -0.487 e. The van der Waals surface area contributed by atoms with E-state index in [1.54, 1.807) is 18.4 Å². The van der Waals surface area contributed by atoms with Crippen LogP contribution in [-0.4, -0.2) is 24.7 Å². The molecule has 0 amide bonds. The molecular weight excluding hydrogens is 226 g/mol. The lowest BCUT2D eigenvalue weighted by atomic mass is 10.2. The zero-order valence-corrected chi connectivity index (χ0v) is 11.4. The van der Waals surface area contributed by atoms with Gasteiger partial charge in [-0.05, 0) is 32.2 Å². The Labute approximate surface area is 100 Å². The Morgan fingerprint density at radius 2 is 2.20 bits per heavy atom. The van der Waals surface area contributed by atoms with Gasteiger partial charge >= 0.3 is 0 Å². The second kappa shape index (κ2) is 5.77. The SMILES string of the molecule is COc1ccc(CNCC(C)(C)SC)s1. The van der Waals surface area contributed by atoms with Crippen LogP contribution < -0.4 is 10.1 Å². The van der Waals surface area contributed by atoms with E-state index >= 15 is 0 Å². The summed E-state index contributed by atoms with van der Waals surface area (Å²) in [7, 11) is 1.71. The number of nitrogens with one attached hydrogen (secondary N) is 1. The van der Waals surface area contributed by atoms with E-state index in [2.05, 4.69) is 31.5 Å². The molecule has 0 fully saturated rings. The Kier molecular flexibility index (Phi) is 4.96. The van der Waals surface area contributed by atoms with Gasteiger partial charge in [-0.2, -0.15) is 11.8 Å². The lowest BCUT2D eigenvalue weighted by molar-refractivity contribution is 0.427. The van der Waals surface area contributed by atoms with Crippen LogP contribution in [0.5, 0.6) is 5.06 Å². The van der Waals surface area contributed by atoms with Crippen molar-refractivity contribution in [2.24, 2.45) is 0 Å². The zero-order chi connectivity index (χ0) is 11.3. The van der Waals surface area contributed by atoms with Crippen LogP contribution in [0.2, 0.25) is 0 Å². The zero-order valence-electron chi connectivity index (χ0n) is 9.79. The molecule has 0 aliphatic carbocycles. The predicted molar refractivity (Wildman–Crippen MR) is 70.2 cm³/mol. The van der Waals surface area contributed by atoms with E-state index in [1.807, 2.05) is 17.8 Å². The van der Waals surface area contributed by atoms with Gasteiger partial charge in [0.1, 0.15) is 0 Å². The van der Waals surface area contributed by atoms with Crippen molar-refractivity contribution in [1.82, 2.24) is 5.32 Å². The largest absolute Gasteiger partial charge is 0.487 e. The molecule has 0 aliphatic heterocycles.